The Morgan fingerprint density at radius 2 is 2.00 bits per heavy atom. The van der Waals surface area contributed by atoms with Gasteiger partial charge >= 0.3 is 5.97 Å². The summed E-state index contributed by atoms with van der Waals surface area (Å²) in [4.78, 5) is 32.4. The summed E-state index contributed by atoms with van der Waals surface area (Å²) in [6.07, 6.45) is 0. The van der Waals surface area contributed by atoms with Gasteiger partial charge in [-0.3, -0.25) is 4.79 Å². The number of hydrogen-bond acceptors (Lipinski definition) is 5. The topological polar surface area (TPSA) is 122 Å². The molecule has 2 atom stereocenters. The van der Waals surface area contributed by atoms with Crippen molar-refractivity contribution >= 4 is 11.9 Å². The molecule has 1 amide bonds. The summed E-state index contributed by atoms with van der Waals surface area (Å²) in [5, 5.41) is 13.8. The Kier molecular flexibility index (Phi) is 5.03. The summed E-state index contributed by atoms with van der Waals surface area (Å²) < 4.78 is 0. The molecule has 0 rings (SSSR count). The average molecular weight is 231 g/mol. The van der Waals surface area contributed by atoms with Gasteiger partial charge in [0.2, 0.25) is 5.91 Å². The summed E-state index contributed by atoms with van der Waals surface area (Å²) in [6.45, 7) is 4.34. The molecule has 7 nitrogen and oxygen atoms in total. The van der Waals surface area contributed by atoms with Crippen LogP contribution in [0.25, 0.3) is 0 Å². The number of nitroso groups, excluding NO2 is 1. The Labute approximate surface area is 93.4 Å². The first-order valence-corrected chi connectivity index (χ1v) is 4.85. The minimum atomic E-state index is -1.41. The zero-order chi connectivity index (χ0) is 12.9. The first-order valence-electron chi connectivity index (χ1n) is 4.85. The van der Waals surface area contributed by atoms with Crippen LogP contribution in [-0.4, -0.2) is 35.1 Å². The van der Waals surface area contributed by atoms with Gasteiger partial charge in [-0.05, 0) is 12.8 Å². The van der Waals surface area contributed by atoms with E-state index in [-0.39, 0.29) is 12.5 Å². The molecule has 0 aliphatic heterocycles. The monoisotopic (exact) mass is 231 g/mol. The molecular formula is C9H17N3O4. The summed E-state index contributed by atoms with van der Waals surface area (Å²) in [5.74, 6) is -2.16. The first-order chi connectivity index (χ1) is 7.25. The second-order valence-electron chi connectivity index (χ2n) is 4.07. The number of carboxylic acids is 1. The first kappa shape index (κ1) is 14.5. The third-order valence-electron chi connectivity index (χ3n) is 2.59. The Balaban J connectivity index is 4.72. The number of carbonyl (C=O) groups excluding carboxylic acids is 1. The molecule has 92 valence electrons. The van der Waals surface area contributed by atoms with Gasteiger partial charge in [-0.2, -0.15) is 4.91 Å². The van der Waals surface area contributed by atoms with Crippen LogP contribution in [0.1, 0.15) is 20.8 Å². The molecular weight excluding hydrogens is 214 g/mol. The van der Waals surface area contributed by atoms with E-state index in [0.717, 1.165) is 0 Å². The molecule has 0 aromatic rings. The Morgan fingerprint density at radius 1 is 1.50 bits per heavy atom. The fourth-order valence-electron chi connectivity index (χ4n) is 0.957. The van der Waals surface area contributed by atoms with Crippen molar-refractivity contribution in [1.29, 1.82) is 0 Å². The number of rotatable bonds is 6. The highest BCUT2D eigenvalue weighted by atomic mass is 16.4. The highest BCUT2D eigenvalue weighted by Crippen LogP contribution is 2.16. The molecule has 4 N–H and O–H groups in total. The van der Waals surface area contributed by atoms with Gasteiger partial charge in [0.05, 0.1) is 0 Å². The van der Waals surface area contributed by atoms with Crippen LogP contribution < -0.4 is 11.1 Å². The quantitative estimate of drug-likeness (QED) is 0.541. The fraction of sp³-hybridized carbons (Fsp3) is 0.778. The van der Waals surface area contributed by atoms with E-state index < -0.39 is 23.5 Å². The molecule has 0 aromatic heterocycles. The van der Waals surface area contributed by atoms with Crippen molar-refractivity contribution in [3.63, 3.8) is 0 Å². The van der Waals surface area contributed by atoms with Crippen molar-refractivity contribution in [3.8, 4) is 0 Å². The van der Waals surface area contributed by atoms with Gasteiger partial charge in [-0.15, -0.1) is 0 Å². The number of nitrogens with zero attached hydrogens (tertiary/aromatic N) is 1. The number of aliphatic carboxylic acids is 1. The second kappa shape index (κ2) is 5.55. The van der Waals surface area contributed by atoms with Crippen molar-refractivity contribution in [2.45, 2.75) is 32.4 Å². The zero-order valence-corrected chi connectivity index (χ0v) is 9.56. The van der Waals surface area contributed by atoms with Crippen molar-refractivity contribution in [2.24, 2.45) is 16.8 Å². The van der Waals surface area contributed by atoms with Gasteiger partial charge in [0.15, 0.2) is 0 Å². The minimum Gasteiger partial charge on any atom is -0.480 e. The number of nitrogens with one attached hydrogen (secondary N) is 1. The van der Waals surface area contributed by atoms with Gasteiger partial charge in [0, 0.05) is 0 Å². The van der Waals surface area contributed by atoms with E-state index in [4.69, 9.17) is 10.8 Å². The van der Waals surface area contributed by atoms with E-state index in [1.54, 1.807) is 13.8 Å². The molecule has 0 aliphatic carbocycles. The lowest BCUT2D eigenvalue weighted by Crippen LogP contribution is -2.59. The molecule has 0 aliphatic rings. The molecule has 7 heteroatoms. The van der Waals surface area contributed by atoms with Gasteiger partial charge in [-0.1, -0.05) is 19.0 Å². The molecule has 0 fully saturated rings. The Morgan fingerprint density at radius 3 is 2.31 bits per heavy atom. The molecule has 0 spiro atoms. The summed E-state index contributed by atoms with van der Waals surface area (Å²) in [7, 11) is 0. The number of carboxylic acid groups (broad SMARTS) is 1. The lowest BCUT2D eigenvalue weighted by molar-refractivity contribution is -0.149. The predicted octanol–water partition coefficient (Wildman–Crippen LogP) is -0.304. The minimum absolute atomic E-state index is 0.314. The Bertz CT molecular complexity index is 292. The van der Waals surface area contributed by atoms with Crippen LogP contribution in [0.4, 0.5) is 0 Å². The van der Waals surface area contributed by atoms with E-state index in [1.807, 2.05) is 0 Å². The number of hydrogen-bond donors (Lipinski definition) is 3. The standard InChI is InChI=1S/C9H17N3O4/c1-5(2)9(3,8(14)15)12-7(13)6(10)4-11-16/h5-6H,4,10H2,1-3H3,(H,12,13)(H,14,15). The zero-order valence-electron chi connectivity index (χ0n) is 9.56. The molecule has 0 bridgehead atoms. The molecule has 2 unspecified atom stereocenters. The van der Waals surface area contributed by atoms with Crippen molar-refractivity contribution in [3.05, 3.63) is 4.91 Å². The van der Waals surface area contributed by atoms with Gasteiger partial charge in [0.1, 0.15) is 18.1 Å². The largest absolute Gasteiger partial charge is 0.480 e. The highest BCUT2D eigenvalue weighted by Gasteiger charge is 2.39. The summed E-state index contributed by atoms with van der Waals surface area (Å²) >= 11 is 0. The lowest BCUT2D eigenvalue weighted by Gasteiger charge is -2.31. The van der Waals surface area contributed by atoms with Crippen molar-refractivity contribution in [2.75, 3.05) is 6.54 Å². The van der Waals surface area contributed by atoms with E-state index in [2.05, 4.69) is 10.5 Å². The molecule has 0 saturated carbocycles. The molecule has 16 heavy (non-hydrogen) atoms. The second-order valence-corrected chi connectivity index (χ2v) is 4.07. The maximum atomic E-state index is 11.5. The Hall–Kier alpha value is -1.50. The van der Waals surface area contributed by atoms with E-state index in [1.165, 1.54) is 6.92 Å². The number of nitrogens with two attached hydrogens (primary N) is 1. The maximum Gasteiger partial charge on any atom is 0.329 e. The SMILES string of the molecule is CC(C)C(C)(NC(=O)C(N)CN=O)C(=O)O. The fourth-order valence-corrected chi connectivity index (χ4v) is 0.957. The van der Waals surface area contributed by atoms with Crippen LogP contribution in [-0.2, 0) is 9.59 Å². The van der Waals surface area contributed by atoms with Crippen LogP contribution >= 0.6 is 0 Å². The normalized spacial score (nSPS) is 16.3. The number of amides is 1. The summed E-state index contributed by atoms with van der Waals surface area (Å²) in [6, 6.07) is -1.12. The molecule has 0 saturated heterocycles. The van der Waals surface area contributed by atoms with Crippen LogP contribution in [0.3, 0.4) is 0 Å². The number of carbonyl (C=O) groups is 2. The lowest BCUT2D eigenvalue weighted by atomic mass is 9.88. The van der Waals surface area contributed by atoms with Gasteiger partial charge in [0.25, 0.3) is 0 Å². The molecule has 0 radical (unpaired) electrons. The smallest absolute Gasteiger partial charge is 0.329 e. The van der Waals surface area contributed by atoms with Crippen LogP contribution in [0.5, 0.6) is 0 Å². The van der Waals surface area contributed by atoms with Crippen molar-refractivity contribution in [1.82, 2.24) is 5.32 Å². The average Bonchev–Trinajstić information content (AvgIpc) is 2.17. The molecule has 0 heterocycles. The van der Waals surface area contributed by atoms with Crippen molar-refractivity contribution < 1.29 is 14.7 Å². The maximum absolute atomic E-state index is 11.5. The van der Waals surface area contributed by atoms with E-state index in [9.17, 15) is 14.5 Å². The highest BCUT2D eigenvalue weighted by molar-refractivity contribution is 5.89. The van der Waals surface area contributed by atoms with Crippen LogP contribution in [0.2, 0.25) is 0 Å². The van der Waals surface area contributed by atoms with Gasteiger partial charge < -0.3 is 16.2 Å². The van der Waals surface area contributed by atoms with Crippen LogP contribution in [0.15, 0.2) is 5.18 Å². The van der Waals surface area contributed by atoms with Crippen LogP contribution in [0, 0.1) is 10.8 Å². The molecule has 0 aromatic carbocycles. The van der Waals surface area contributed by atoms with E-state index in [0.29, 0.717) is 0 Å². The van der Waals surface area contributed by atoms with Gasteiger partial charge in [-0.25, -0.2) is 4.79 Å². The summed E-state index contributed by atoms with van der Waals surface area (Å²) in [5.41, 5.74) is 3.93. The third-order valence-corrected chi connectivity index (χ3v) is 2.59. The third kappa shape index (κ3) is 3.27. The predicted molar refractivity (Wildman–Crippen MR) is 57.7 cm³/mol. The van der Waals surface area contributed by atoms with E-state index >= 15 is 0 Å².